The van der Waals surface area contributed by atoms with Crippen LogP contribution in [0.15, 0.2) is 12.1 Å². The lowest BCUT2D eigenvalue weighted by Gasteiger charge is -2.06. The first-order chi connectivity index (χ1) is 7.18. The third-order valence-corrected chi connectivity index (χ3v) is 3.57. The number of hydrogen-bond donors (Lipinski definition) is 2. The van der Waals surface area contributed by atoms with Gasteiger partial charge in [-0.05, 0) is 43.4 Å². The molecular weight excluding hydrogens is 184 g/mol. The van der Waals surface area contributed by atoms with Gasteiger partial charge in [-0.1, -0.05) is 12.1 Å². The molecule has 0 bridgehead atoms. The molecule has 2 nitrogen and oxygen atoms in total. The van der Waals surface area contributed by atoms with E-state index < -0.39 is 0 Å². The zero-order valence-electron chi connectivity index (χ0n) is 9.22. The minimum atomic E-state index is 0.231. The van der Waals surface area contributed by atoms with Crippen molar-refractivity contribution in [3.05, 3.63) is 34.5 Å². The summed E-state index contributed by atoms with van der Waals surface area (Å²) in [4.78, 5) is 3.54. The van der Waals surface area contributed by atoms with E-state index in [0.717, 1.165) is 12.8 Å². The van der Waals surface area contributed by atoms with E-state index in [-0.39, 0.29) is 6.04 Å². The molecule has 0 fully saturated rings. The van der Waals surface area contributed by atoms with E-state index in [1.165, 1.54) is 33.3 Å². The molecule has 15 heavy (non-hydrogen) atoms. The second kappa shape index (κ2) is 2.86. The van der Waals surface area contributed by atoms with E-state index in [0.29, 0.717) is 0 Å². The summed E-state index contributed by atoms with van der Waals surface area (Å²) in [5.41, 5.74) is 12.8. The first-order valence-electron chi connectivity index (χ1n) is 5.54. The van der Waals surface area contributed by atoms with Crippen LogP contribution in [-0.4, -0.2) is 4.98 Å². The Kier molecular flexibility index (Phi) is 1.71. The summed E-state index contributed by atoms with van der Waals surface area (Å²) >= 11 is 0. The van der Waals surface area contributed by atoms with Gasteiger partial charge in [0.05, 0.1) is 0 Å². The standard InChI is InChI=1S/C13H16N2/c1-7-3-4-8(2)13-11(7)12-9(14)5-6-10(12)15-13/h3-4,9,15H,5-6,14H2,1-2H3. The number of aromatic nitrogens is 1. The summed E-state index contributed by atoms with van der Waals surface area (Å²) in [7, 11) is 0. The molecule has 0 saturated carbocycles. The number of aryl methyl sites for hydroxylation is 3. The van der Waals surface area contributed by atoms with Gasteiger partial charge in [-0.2, -0.15) is 0 Å². The van der Waals surface area contributed by atoms with Crippen molar-refractivity contribution in [3.8, 4) is 0 Å². The highest BCUT2D eigenvalue weighted by Crippen LogP contribution is 2.37. The smallest absolute Gasteiger partial charge is 0.0491 e. The number of rotatable bonds is 0. The van der Waals surface area contributed by atoms with Gasteiger partial charge in [0.15, 0.2) is 0 Å². The van der Waals surface area contributed by atoms with Gasteiger partial charge in [0.2, 0.25) is 0 Å². The number of fused-ring (bicyclic) bond motifs is 3. The number of H-pyrrole nitrogens is 1. The first kappa shape index (κ1) is 8.98. The molecule has 1 heterocycles. The van der Waals surface area contributed by atoms with E-state index >= 15 is 0 Å². The Morgan fingerprint density at radius 1 is 1.27 bits per heavy atom. The fraction of sp³-hybridized carbons (Fsp3) is 0.385. The van der Waals surface area contributed by atoms with E-state index in [9.17, 15) is 0 Å². The van der Waals surface area contributed by atoms with Crippen LogP contribution in [0.1, 0.15) is 34.8 Å². The highest BCUT2D eigenvalue weighted by Gasteiger charge is 2.25. The van der Waals surface area contributed by atoms with E-state index in [1.807, 2.05) is 0 Å². The fourth-order valence-corrected chi connectivity index (χ4v) is 2.74. The molecule has 0 saturated heterocycles. The lowest BCUT2D eigenvalue weighted by molar-refractivity contribution is 0.714. The molecule has 0 radical (unpaired) electrons. The van der Waals surface area contributed by atoms with Crippen molar-refractivity contribution in [2.75, 3.05) is 0 Å². The molecule has 1 aromatic carbocycles. The van der Waals surface area contributed by atoms with Crippen LogP contribution in [-0.2, 0) is 6.42 Å². The maximum absolute atomic E-state index is 6.16. The van der Waals surface area contributed by atoms with Crippen LogP contribution in [0.25, 0.3) is 10.9 Å². The molecule has 2 aromatic rings. The SMILES string of the molecule is Cc1ccc(C)c2c3c([nH]c12)CCC3N. The Labute approximate surface area is 89.5 Å². The van der Waals surface area contributed by atoms with E-state index in [2.05, 4.69) is 31.0 Å². The lowest BCUT2D eigenvalue weighted by Crippen LogP contribution is -2.05. The molecule has 3 N–H and O–H groups in total. The van der Waals surface area contributed by atoms with Crippen molar-refractivity contribution in [1.29, 1.82) is 0 Å². The van der Waals surface area contributed by atoms with Crippen molar-refractivity contribution in [2.24, 2.45) is 5.73 Å². The average Bonchev–Trinajstić information content (AvgIpc) is 2.74. The molecule has 1 aromatic heterocycles. The van der Waals surface area contributed by atoms with E-state index in [1.54, 1.807) is 0 Å². The van der Waals surface area contributed by atoms with Crippen LogP contribution >= 0.6 is 0 Å². The second-order valence-electron chi connectivity index (χ2n) is 4.61. The molecule has 2 heteroatoms. The first-order valence-corrected chi connectivity index (χ1v) is 5.54. The molecule has 0 spiro atoms. The van der Waals surface area contributed by atoms with Gasteiger partial charge in [-0.25, -0.2) is 0 Å². The second-order valence-corrected chi connectivity index (χ2v) is 4.61. The third kappa shape index (κ3) is 1.08. The van der Waals surface area contributed by atoms with Gasteiger partial charge in [0.25, 0.3) is 0 Å². The minimum Gasteiger partial charge on any atom is -0.358 e. The Bertz CT molecular complexity index is 537. The summed E-state index contributed by atoms with van der Waals surface area (Å²) in [6.45, 7) is 4.32. The predicted octanol–water partition coefficient (Wildman–Crippen LogP) is 2.73. The van der Waals surface area contributed by atoms with Crippen molar-refractivity contribution in [1.82, 2.24) is 4.98 Å². The molecule has 1 unspecified atom stereocenters. The topological polar surface area (TPSA) is 41.8 Å². The number of benzene rings is 1. The summed E-state index contributed by atoms with van der Waals surface area (Å²) in [5, 5.41) is 1.37. The molecular formula is C13H16N2. The van der Waals surface area contributed by atoms with Crippen LogP contribution in [0, 0.1) is 13.8 Å². The summed E-state index contributed by atoms with van der Waals surface area (Å²) in [6.07, 6.45) is 2.19. The maximum Gasteiger partial charge on any atom is 0.0491 e. The Morgan fingerprint density at radius 2 is 2.00 bits per heavy atom. The van der Waals surface area contributed by atoms with Crippen molar-refractivity contribution < 1.29 is 0 Å². The highest BCUT2D eigenvalue weighted by atomic mass is 14.8. The number of aromatic amines is 1. The molecule has 1 atom stereocenters. The molecule has 1 aliphatic carbocycles. The zero-order valence-corrected chi connectivity index (χ0v) is 9.22. The lowest BCUT2D eigenvalue weighted by atomic mass is 10.0. The Morgan fingerprint density at radius 3 is 2.80 bits per heavy atom. The monoisotopic (exact) mass is 200 g/mol. The fourth-order valence-electron chi connectivity index (χ4n) is 2.74. The van der Waals surface area contributed by atoms with Gasteiger partial charge < -0.3 is 10.7 Å². The largest absolute Gasteiger partial charge is 0.358 e. The minimum absolute atomic E-state index is 0.231. The average molecular weight is 200 g/mol. The number of hydrogen-bond acceptors (Lipinski definition) is 1. The molecule has 3 rings (SSSR count). The van der Waals surface area contributed by atoms with Gasteiger partial charge in [0.1, 0.15) is 0 Å². The third-order valence-electron chi connectivity index (χ3n) is 3.57. The Hall–Kier alpha value is -1.28. The van der Waals surface area contributed by atoms with Crippen LogP contribution < -0.4 is 5.73 Å². The molecule has 0 amide bonds. The summed E-state index contributed by atoms with van der Waals surface area (Å²) in [5.74, 6) is 0. The highest BCUT2D eigenvalue weighted by molar-refractivity contribution is 5.91. The van der Waals surface area contributed by atoms with Crippen molar-refractivity contribution in [2.45, 2.75) is 32.7 Å². The van der Waals surface area contributed by atoms with Crippen LogP contribution in [0.2, 0.25) is 0 Å². The maximum atomic E-state index is 6.16. The van der Waals surface area contributed by atoms with Crippen LogP contribution in [0.3, 0.4) is 0 Å². The summed E-state index contributed by atoms with van der Waals surface area (Å²) < 4.78 is 0. The van der Waals surface area contributed by atoms with Gasteiger partial charge in [-0.15, -0.1) is 0 Å². The molecule has 0 aliphatic heterocycles. The van der Waals surface area contributed by atoms with Crippen molar-refractivity contribution >= 4 is 10.9 Å². The van der Waals surface area contributed by atoms with Gasteiger partial charge in [0, 0.05) is 22.6 Å². The van der Waals surface area contributed by atoms with Gasteiger partial charge in [-0.3, -0.25) is 0 Å². The number of nitrogens with two attached hydrogens (primary N) is 1. The Balaban J connectivity index is 2.46. The summed E-state index contributed by atoms with van der Waals surface area (Å²) in [6, 6.07) is 4.60. The molecule has 78 valence electrons. The van der Waals surface area contributed by atoms with Crippen molar-refractivity contribution in [3.63, 3.8) is 0 Å². The molecule has 1 aliphatic rings. The van der Waals surface area contributed by atoms with Crippen LogP contribution in [0.4, 0.5) is 0 Å². The zero-order chi connectivity index (χ0) is 10.6. The normalized spacial score (nSPS) is 19.8. The van der Waals surface area contributed by atoms with E-state index in [4.69, 9.17) is 5.73 Å². The quantitative estimate of drug-likeness (QED) is 0.674. The van der Waals surface area contributed by atoms with Gasteiger partial charge >= 0.3 is 0 Å². The predicted molar refractivity (Wildman–Crippen MR) is 63.0 cm³/mol. The van der Waals surface area contributed by atoms with Crippen LogP contribution in [0.5, 0.6) is 0 Å². The number of nitrogens with one attached hydrogen (secondary N) is 1.